The molecule has 8 saturated carbocycles. The Balaban J connectivity index is 0.735. The second-order valence-electron chi connectivity index (χ2n) is 21.2. The van der Waals surface area contributed by atoms with Crippen molar-refractivity contribution in [1.82, 2.24) is 0 Å². The van der Waals surface area contributed by atoms with Gasteiger partial charge in [-0.15, -0.1) is 0 Å². The molecular weight excluding hydrogens is 1340 g/mol. The second kappa shape index (κ2) is 18.8. The smallest absolute Gasteiger partial charge is 0.344 e. The number of carbonyl (C=O) groups excluding carboxylic acids is 2. The topological polar surface area (TPSA) is 89.5 Å². The number of thiol groups is 1. The molecule has 8 bridgehead atoms. The predicted molar refractivity (Wildman–Crippen MR) is 300 cm³/mol. The van der Waals surface area contributed by atoms with Crippen molar-refractivity contribution >= 4 is 113 Å². The van der Waals surface area contributed by atoms with Gasteiger partial charge in [-0.1, -0.05) is 18.2 Å². The Labute approximate surface area is 461 Å². The van der Waals surface area contributed by atoms with Gasteiger partial charge in [0, 0.05) is 9.79 Å². The maximum Gasteiger partial charge on any atom is 0.344 e. The Hall–Kier alpha value is -2.49. The number of rotatable bonds is 13. The van der Waals surface area contributed by atoms with Gasteiger partial charge in [-0.3, -0.25) is 0 Å². The number of ether oxygens (including phenoxy) is 6. The van der Waals surface area contributed by atoms with Crippen molar-refractivity contribution in [3.8, 4) is 45.6 Å². The standard InChI is InChI=1S/C56H54I4O8S/c1-55(34-14-30-12-31(16-34)17-35(55)15-30)67-53(61)28-63-47-24-45(59)49(26-43(47)57)65-38-8-10-51-41(22-38)42-23-39(9-11-52(42)69(51)40-6-4-3-5-7-40)66-50-27-44(58)48(25-46(50)60)64-29-54(62)68-56(2)36-18-32-13-33(20-36)21-37(56)19-32/h3-11,22-27,30-37,69H,12-21,28-29H2,1-2H3. The van der Waals surface area contributed by atoms with Gasteiger partial charge in [-0.25, -0.2) is 9.59 Å². The Bertz CT molecular complexity index is 2640. The van der Waals surface area contributed by atoms with Crippen molar-refractivity contribution in [3.63, 3.8) is 0 Å². The maximum atomic E-state index is 13.3. The van der Waals surface area contributed by atoms with Crippen LogP contribution in [0.15, 0.2) is 106 Å². The first-order valence-corrected chi connectivity index (χ1v) is 30.1. The quantitative estimate of drug-likeness (QED) is 0.0695. The van der Waals surface area contributed by atoms with E-state index in [1.165, 1.54) is 78.9 Å². The third-order valence-corrected chi connectivity index (χ3v) is 23.0. The van der Waals surface area contributed by atoms with E-state index in [0.29, 0.717) is 46.7 Å². The molecular formula is C56H54I4O8S. The van der Waals surface area contributed by atoms with Crippen LogP contribution < -0.4 is 18.9 Å². The first-order valence-electron chi connectivity index (χ1n) is 24.4. The van der Waals surface area contributed by atoms with Crippen LogP contribution in [0.4, 0.5) is 0 Å². The van der Waals surface area contributed by atoms with Gasteiger partial charge in [0.15, 0.2) is 13.2 Å². The van der Waals surface area contributed by atoms with Gasteiger partial charge >= 0.3 is 11.9 Å². The van der Waals surface area contributed by atoms with Crippen LogP contribution in [0.3, 0.4) is 0 Å². The molecule has 5 aromatic rings. The van der Waals surface area contributed by atoms with Gasteiger partial charge in [0.1, 0.15) is 45.7 Å². The summed E-state index contributed by atoms with van der Waals surface area (Å²) >= 11 is 9.09. The molecule has 8 nitrogen and oxygen atoms in total. The van der Waals surface area contributed by atoms with E-state index < -0.39 is 10.9 Å². The summed E-state index contributed by atoms with van der Waals surface area (Å²) in [5.74, 6) is 8.66. The lowest BCUT2D eigenvalue weighted by Crippen LogP contribution is -2.58. The third kappa shape index (κ3) is 8.98. The molecule has 1 heterocycles. The summed E-state index contributed by atoms with van der Waals surface area (Å²) in [6.07, 6.45) is 12.2. The lowest BCUT2D eigenvalue weighted by atomic mass is 9.50. The summed E-state index contributed by atoms with van der Waals surface area (Å²) in [4.78, 5) is 30.4. The number of hydrogen-bond acceptors (Lipinski definition) is 8. The molecule has 8 fully saturated rings. The number of hydrogen-bond donors (Lipinski definition) is 1. The Morgan fingerprint density at radius 1 is 0.493 bits per heavy atom. The highest BCUT2D eigenvalue weighted by Crippen LogP contribution is 2.64. The van der Waals surface area contributed by atoms with Crippen molar-refractivity contribution in [1.29, 1.82) is 0 Å². The molecule has 0 amide bonds. The lowest BCUT2D eigenvalue weighted by Gasteiger charge is -2.59. The summed E-state index contributed by atoms with van der Waals surface area (Å²) in [5.41, 5.74) is 1.46. The van der Waals surface area contributed by atoms with Crippen LogP contribution in [0, 0.1) is 61.6 Å². The van der Waals surface area contributed by atoms with E-state index >= 15 is 0 Å². The second-order valence-corrected chi connectivity index (χ2v) is 28.0. The van der Waals surface area contributed by atoms with Crippen molar-refractivity contribution in [2.24, 2.45) is 47.3 Å². The fraction of sp³-hybridized carbons (Fsp3) is 0.429. The molecule has 0 radical (unpaired) electrons. The number of carbonyl (C=O) groups is 2. The van der Waals surface area contributed by atoms with Crippen LogP contribution in [-0.4, -0.2) is 36.4 Å². The van der Waals surface area contributed by atoms with Gasteiger partial charge in [-0.05, 0) is 305 Å². The lowest BCUT2D eigenvalue weighted by molar-refractivity contribution is -0.205. The van der Waals surface area contributed by atoms with Crippen molar-refractivity contribution in [2.75, 3.05) is 13.2 Å². The van der Waals surface area contributed by atoms with E-state index in [9.17, 15) is 9.59 Å². The largest absolute Gasteiger partial charge is 0.481 e. The van der Waals surface area contributed by atoms with Crippen LogP contribution in [-0.2, 0) is 19.1 Å². The monoisotopic (exact) mass is 1390 g/mol. The Morgan fingerprint density at radius 2 is 0.855 bits per heavy atom. The highest BCUT2D eigenvalue weighted by molar-refractivity contribution is 14.1. The molecule has 360 valence electrons. The molecule has 0 N–H and O–H groups in total. The number of benzene rings is 5. The van der Waals surface area contributed by atoms with Gasteiger partial charge in [-0.2, -0.15) is 10.9 Å². The average molecular weight is 1390 g/mol. The Morgan fingerprint density at radius 3 is 1.25 bits per heavy atom. The zero-order valence-corrected chi connectivity index (χ0v) is 48.0. The summed E-state index contributed by atoms with van der Waals surface area (Å²) in [6.45, 7) is 4.11. The third-order valence-electron chi connectivity index (χ3n) is 17.0. The molecule has 69 heavy (non-hydrogen) atoms. The molecule has 14 rings (SSSR count). The van der Waals surface area contributed by atoms with E-state index in [1.807, 2.05) is 24.3 Å². The van der Waals surface area contributed by atoms with Crippen molar-refractivity contribution in [2.45, 2.75) is 104 Å². The molecule has 0 saturated heterocycles. The van der Waals surface area contributed by atoms with Crippen LogP contribution in [0.2, 0.25) is 0 Å². The zero-order chi connectivity index (χ0) is 47.3. The van der Waals surface area contributed by atoms with E-state index in [0.717, 1.165) is 60.6 Å². The molecule has 1 aliphatic heterocycles. The highest BCUT2D eigenvalue weighted by Gasteiger charge is 2.58. The Kier molecular flexibility index (Phi) is 12.9. The molecule has 9 aliphatic rings. The molecule has 0 spiro atoms. The van der Waals surface area contributed by atoms with E-state index in [4.69, 9.17) is 28.4 Å². The van der Waals surface area contributed by atoms with Gasteiger partial charge in [0.25, 0.3) is 0 Å². The van der Waals surface area contributed by atoms with Crippen molar-refractivity contribution < 1.29 is 38.0 Å². The predicted octanol–water partition coefficient (Wildman–Crippen LogP) is 15.4. The molecule has 0 aromatic heterocycles. The minimum Gasteiger partial charge on any atom is -0.481 e. The summed E-state index contributed by atoms with van der Waals surface area (Å²) in [7, 11) is -0.816. The van der Waals surface area contributed by atoms with Crippen LogP contribution >= 0.6 is 101 Å². The average Bonchev–Trinajstić information content (AvgIpc) is 3.64. The van der Waals surface area contributed by atoms with Crippen LogP contribution in [0.1, 0.15) is 78.1 Å². The minimum absolute atomic E-state index is 0.120. The highest BCUT2D eigenvalue weighted by atomic mass is 127. The number of fused-ring (bicyclic) bond motifs is 3. The van der Waals surface area contributed by atoms with Crippen LogP contribution in [0.25, 0.3) is 11.1 Å². The molecule has 5 aromatic carbocycles. The van der Waals surface area contributed by atoms with E-state index in [2.05, 4.69) is 171 Å². The fourth-order valence-electron chi connectivity index (χ4n) is 14.0. The number of esters is 2. The number of halogens is 4. The van der Waals surface area contributed by atoms with Gasteiger partial charge < -0.3 is 28.4 Å². The summed E-state index contributed by atoms with van der Waals surface area (Å²) in [6, 6.07) is 31.4. The summed E-state index contributed by atoms with van der Waals surface area (Å²) < 4.78 is 41.6. The van der Waals surface area contributed by atoms with Crippen LogP contribution in [0.5, 0.6) is 34.5 Å². The molecule has 13 heteroatoms. The van der Waals surface area contributed by atoms with Crippen molar-refractivity contribution in [3.05, 3.63) is 105 Å². The fourth-order valence-corrected chi connectivity index (χ4v) is 18.9. The zero-order valence-electron chi connectivity index (χ0n) is 38.5. The van der Waals surface area contributed by atoms with E-state index in [-0.39, 0.29) is 36.4 Å². The SMILES string of the molecule is CC1(OC(=O)COc2cc(I)c(Oc3ccc4c(c3)-c3cc(Oc5cc(I)c(OCC(=O)OC6(C)C7CC8CC(C7)CC6C8)cc5I)ccc3[SH]4c3ccccc3)cc2I)C2CC3CC(C2)CC1C3. The van der Waals surface area contributed by atoms with Gasteiger partial charge in [0.2, 0.25) is 0 Å². The normalized spacial score (nSPS) is 31.2. The first kappa shape index (κ1) is 47.5. The van der Waals surface area contributed by atoms with Gasteiger partial charge in [0.05, 0.1) is 14.3 Å². The molecule has 8 aliphatic carbocycles. The summed E-state index contributed by atoms with van der Waals surface area (Å²) in [5, 5.41) is 0. The molecule has 0 atom stereocenters. The van der Waals surface area contributed by atoms with E-state index in [1.54, 1.807) is 0 Å². The first-order chi connectivity index (χ1) is 33.3. The molecule has 0 unspecified atom stereocenters. The minimum atomic E-state index is -0.816. The maximum absolute atomic E-state index is 13.3.